The second-order valence-electron chi connectivity index (χ2n) is 12.2. The van der Waals surface area contributed by atoms with Crippen molar-refractivity contribution in [3.05, 3.63) is 59.3 Å². The van der Waals surface area contributed by atoms with Crippen molar-refractivity contribution in [2.45, 2.75) is 103 Å². The van der Waals surface area contributed by atoms with Crippen molar-refractivity contribution in [3.8, 4) is 11.3 Å². The highest BCUT2D eigenvalue weighted by atomic mass is 28.3. The Labute approximate surface area is 208 Å². The molecule has 1 nitrogen and oxygen atoms in total. The first-order valence-corrected chi connectivity index (χ1v) is 16.9. The van der Waals surface area contributed by atoms with Gasteiger partial charge in [0.05, 0.1) is 19.0 Å². The maximum atomic E-state index is 2.63. The van der Waals surface area contributed by atoms with Gasteiger partial charge in [0.25, 0.3) is 0 Å². The second kappa shape index (κ2) is 9.26. The van der Waals surface area contributed by atoms with Crippen LogP contribution < -0.4 is 9.75 Å². The third-order valence-corrected chi connectivity index (χ3v) is 14.4. The molecule has 2 aliphatic rings. The average Bonchev–Trinajstić information content (AvgIpc) is 3.54. The summed E-state index contributed by atoms with van der Waals surface area (Å²) in [5.74, 6) is 1.51. The van der Waals surface area contributed by atoms with E-state index >= 15 is 0 Å². The summed E-state index contributed by atoms with van der Waals surface area (Å²) in [6.07, 6.45) is 13.4. The molecule has 3 aromatic rings. The zero-order valence-corrected chi connectivity index (χ0v) is 23.4. The molecule has 0 saturated heterocycles. The van der Waals surface area contributed by atoms with Crippen LogP contribution in [-0.2, 0) is 7.05 Å². The van der Waals surface area contributed by atoms with Gasteiger partial charge in [0, 0.05) is 6.07 Å². The molecule has 34 heavy (non-hydrogen) atoms. The van der Waals surface area contributed by atoms with E-state index in [1.165, 1.54) is 79.0 Å². The number of benzene rings is 2. The minimum absolute atomic E-state index is 0.739. The molecule has 0 radical (unpaired) electrons. The van der Waals surface area contributed by atoms with Crippen LogP contribution in [0.1, 0.15) is 93.7 Å². The van der Waals surface area contributed by atoms with Crippen molar-refractivity contribution in [1.82, 2.24) is 0 Å². The third kappa shape index (κ3) is 4.17. The quantitative estimate of drug-likeness (QED) is 0.261. The van der Waals surface area contributed by atoms with Gasteiger partial charge in [-0.3, -0.25) is 0 Å². The lowest BCUT2D eigenvalue weighted by Gasteiger charge is -2.28. The van der Waals surface area contributed by atoms with Gasteiger partial charge >= 0.3 is 0 Å². The van der Waals surface area contributed by atoms with Crippen molar-refractivity contribution >= 4 is 24.0 Å². The van der Waals surface area contributed by atoms with E-state index in [1.54, 1.807) is 16.3 Å². The second-order valence-corrected chi connectivity index (χ2v) is 17.4. The Balaban J connectivity index is 1.71. The van der Waals surface area contributed by atoms with E-state index in [9.17, 15) is 0 Å². The van der Waals surface area contributed by atoms with Crippen molar-refractivity contribution in [1.29, 1.82) is 0 Å². The van der Waals surface area contributed by atoms with Crippen LogP contribution >= 0.6 is 0 Å². The van der Waals surface area contributed by atoms with E-state index in [0.29, 0.717) is 0 Å². The van der Waals surface area contributed by atoms with Gasteiger partial charge < -0.3 is 0 Å². The van der Waals surface area contributed by atoms with Gasteiger partial charge in [0.15, 0.2) is 6.20 Å². The summed E-state index contributed by atoms with van der Waals surface area (Å²) in [4.78, 5) is 0. The smallest absolute Gasteiger partial charge is 0.200 e. The Morgan fingerprint density at radius 2 is 1.50 bits per heavy atom. The Hall–Kier alpha value is -1.93. The molecule has 2 fully saturated rings. The highest BCUT2D eigenvalue weighted by Gasteiger charge is 2.30. The van der Waals surface area contributed by atoms with Gasteiger partial charge in [0.1, 0.15) is 7.05 Å². The highest BCUT2D eigenvalue weighted by Crippen LogP contribution is 2.43. The number of aryl methyl sites for hydroxylation is 1. The molecule has 180 valence electrons. The van der Waals surface area contributed by atoms with Gasteiger partial charge in [-0.15, -0.1) is 0 Å². The predicted octanol–water partition coefficient (Wildman–Crippen LogP) is 8.28. The zero-order valence-electron chi connectivity index (χ0n) is 22.4. The van der Waals surface area contributed by atoms with Crippen molar-refractivity contribution in [2.24, 2.45) is 7.05 Å². The first-order valence-electron chi connectivity index (χ1n) is 13.8. The molecule has 2 aliphatic carbocycles. The Bertz CT molecular complexity index is 1190. The lowest BCUT2D eigenvalue weighted by Crippen LogP contribution is -2.44. The van der Waals surface area contributed by atoms with Crippen molar-refractivity contribution in [3.63, 3.8) is 0 Å². The van der Waals surface area contributed by atoms with Crippen molar-refractivity contribution in [2.75, 3.05) is 0 Å². The van der Waals surface area contributed by atoms with Crippen LogP contribution in [0.5, 0.6) is 0 Å². The van der Waals surface area contributed by atoms with E-state index in [2.05, 4.69) is 88.1 Å². The Kier molecular flexibility index (Phi) is 6.48. The normalized spacial score (nSPS) is 18.0. The predicted molar refractivity (Wildman–Crippen MR) is 150 cm³/mol. The van der Waals surface area contributed by atoms with Gasteiger partial charge in [-0.25, -0.2) is 4.57 Å². The molecule has 0 N–H and O–H groups in total. The van der Waals surface area contributed by atoms with E-state index in [1.807, 2.05) is 0 Å². The summed E-state index contributed by atoms with van der Waals surface area (Å²) in [5, 5.41) is 4.39. The van der Waals surface area contributed by atoms with Gasteiger partial charge in [-0.2, -0.15) is 0 Å². The van der Waals surface area contributed by atoms with Crippen LogP contribution in [0.2, 0.25) is 18.6 Å². The molecule has 0 bridgehead atoms. The molecule has 5 rings (SSSR count). The Morgan fingerprint density at radius 1 is 0.853 bits per heavy atom. The molecule has 0 aliphatic heterocycles. The highest BCUT2D eigenvalue weighted by molar-refractivity contribution is 6.91. The fraction of sp³-hybridized carbons (Fsp3) is 0.531. The first kappa shape index (κ1) is 23.8. The van der Waals surface area contributed by atoms with E-state index in [-0.39, 0.29) is 0 Å². The van der Waals surface area contributed by atoms with E-state index in [0.717, 1.165) is 17.4 Å². The fourth-order valence-electron chi connectivity index (χ4n) is 6.60. The number of aromatic nitrogens is 1. The molecule has 0 atom stereocenters. The summed E-state index contributed by atoms with van der Waals surface area (Å²) >= 11 is 0. The summed E-state index contributed by atoms with van der Waals surface area (Å²) in [6, 6.07) is 14.9. The monoisotopic (exact) mass is 470 g/mol. The summed E-state index contributed by atoms with van der Waals surface area (Å²) < 4.78 is 2.38. The largest absolute Gasteiger partial charge is 0.220 e. The molecular formula is C32H44NSi+. The number of fused-ring (bicyclic) bond motifs is 1. The summed E-state index contributed by atoms with van der Waals surface area (Å²) in [6.45, 7) is 12.2. The average molecular weight is 471 g/mol. The zero-order chi connectivity index (χ0) is 24.0. The number of pyridine rings is 1. The molecule has 0 spiro atoms. The molecule has 2 heteroatoms. The topological polar surface area (TPSA) is 3.88 Å². The maximum Gasteiger partial charge on any atom is 0.220 e. The van der Waals surface area contributed by atoms with E-state index in [4.69, 9.17) is 0 Å². The summed E-state index contributed by atoms with van der Waals surface area (Å²) in [7, 11) is 0.787. The molecule has 2 aromatic carbocycles. The lowest BCUT2D eigenvalue weighted by atomic mass is 9.84. The standard InChI is InChI=1S/C32H44NSi/c1-22(2)34(5,6)28-15-16-29-26(19-28)17-18-33(4)32(29)31-21-27(24-11-7-8-12-24)20-30(23(31)3)25-13-9-10-14-25/h15-22,24-25H,7-14H2,1-6H3/q+1. The third-order valence-electron chi connectivity index (χ3n) is 9.67. The van der Waals surface area contributed by atoms with Gasteiger partial charge in [-0.1, -0.05) is 76.0 Å². The molecular weight excluding hydrogens is 426 g/mol. The molecule has 1 heterocycles. The number of rotatable bonds is 5. The lowest BCUT2D eigenvalue weighted by molar-refractivity contribution is -0.659. The van der Waals surface area contributed by atoms with Crippen LogP contribution in [0.25, 0.3) is 22.0 Å². The number of hydrogen-bond acceptors (Lipinski definition) is 0. The minimum Gasteiger partial charge on any atom is -0.200 e. The van der Waals surface area contributed by atoms with Crippen LogP contribution in [0.3, 0.4) is 0 Å². The fourth-order valence-corrected chi connectivity index (χ4v) is 8.31. The van der Waals surface area contributed by atoms with E-state index < -0.39 is 8.07 Å². The maximum absolute atomic E-state index is 2.63. The number of nitrogens with zero attached hydrogens (tertiary/aromatic N) is 1. The Morgan fingerprint density at radius 3 is 2.15 bits per heavy atom. The number of hydrogen-bond donors (Lipinski definition) is 0. The van der Waals surface area contributed by atoms with Crippen LogP contribution in [0.15, 0.2) is 42.6 Å². The SMILES string of the molecule is Cc1c(-c2c3ccc([Si](C)(C)C(C)C)cc3cc[n+]2C)cc(C2CCCC2)cc1C1CCCC1. The van der Waals surface area contributed by atoms with Gasteiger partial charge in [0.2, 0.25) is 5.69 Å². The minimum atomic E-state index is -1.46. The molecule has 0 amide bonds. The molecule has 0 unspecified atom stereocenters. The first-order chi connectivity index (χ1) is 16.3. The van der Waals surface area contributed by atoms with Crippen LogP contribution in [-0.4, -0.2) is 8.07 Å². The summed E-state index contributed by atoms with van der Waals surface area (Å²) in [5.41, 5.74) is 8.42. The van der Waals surface area contributed by atoms with Gasteiger partial charge in [-0.05, 0) is 84.2 Å². The van der Waals surface area contributed by atoms with Crippen molar-refractivity contribution < 1.29 is 4.57 Å². The molecule has 1 aromatic heterocycles. The molecule has 2 saturated carbocycles. The van der Waals surface area contributed by atoms with Crippen LogP contribution in [0.4, 0.5) is 0 Å². The van der Waals surface area contributed by atoms with Crippen LogP contribution in [0, 0.1) is 6.92 Å².